The second-order valence-electron chi connectivity index (χ2n) is 1.99. The van der Waals surface area contributed by atoms with E-state index in [9.17, 15) is 0 Å². The summed E-state index contributed by atoms with van der Waals surface area (Å²) in [6, 6.07) is 0. The highest BCUT2D eigenvalue weighted by Crippen LogP contribution is 1.84. The van der Waals surface area contributed by atoms with Crippen molar-refractivity contribution in [3.05, 3.63) is 12.7 Å². The Hall–Kier alpha value is -0.0500. The Morgan fingerprint density at radius 2 is 1.73 bits per heavy atom. The number of hydrogen-bond acceptors (Lipinski definition) is 2. The Morgan fingerprint density at radius 1 is 1.09 bits per heavy atom. The molecule has 0 aliphatic heterocycles. The minimum absolute atomic E-state index is 0.548. The van der Waals surface area contributed by atoms with E-state index in [1.807, 2.05) is 6.08 Å². The quantitative estimate of drug-likeness (QED) is 0.321. The molecule has 66 valence electrons. The standard InChI is InChI=1S/C8H15ClO2/c1-2-3-5-10-7-8-11-6-4-9/h2H,1,3-8H2. The van der Waals surface area contributed by atoms with Gasteiger partial charge in [-0.2, -0.15) is 0 Å². The molecule has 0 aromatic heterocycles. The molecule has 0 aliphatic rings. The Bertz CT molecular complexity index is 86.2. The summed E-state index contributed by atoms with van der Waals surface area (Å²) < 4.78 is 10.3. The predicted molar refractivity (Wildman–Crippen MR) is 47.2 cm³/mol. The first-order chi connectivity index (χ1) is 5.41. The van der Waals surface area contributed by atoms with Crippen molar-refractivity contribution in [2.24, 2.45) is 0 Å². The first kappa shape index (κ1) is 11.0. The summed E-state index contributed by atoms with van der Waals surface area (Å²) in [5, 5.41) is 0. The summed E-state index contributed by atoms with van der Waals surface area (Å²) in [6.07, 6.45) is 2.73. The van der Waals surface area contributed by atoms with Gasteiger partial charge in [-0.05, 0) is 6.42 Å². The molecule has 0 saturated carbocycles. The van der Waals surface area contributed by atoms with E-state index in [0.29, 0.717) is 25.7 Å². The molecule has 0 rings (SSSR count). The van der Waals surface area contributed by atoms with E-state index in [4.69, 9.17) is 21.1 Å². The third-order valence-corrected chi connectivity index (χ3v) is 1.21. The summed E-state index contributed by atoms with van der Waals surface area (Å²) in [5.74, 6) is 0.548. The van der Waals surface area contributed by atoms with E-state index in [1.165, 1.54) is 0 Å². The van der Waals surface area contributed by atoms with Crippen LogP contribution in [0.2, 0.25) is 0 Å². The van der Waals surface area contributed by atoms with E-state index in [2.05, 4.69) is 6.58 Å². The molecule has 0 aromatic rings. The smallest absolute Gasteiger partial charge is 0.0701 e. The maximum absolute atomic E-state index is 5.38. The second-order valence-corrected chi connectivity index (χ2v) is 2.37. The minimum atomic E-state index is 0.548. The van der Waals surface area contributed by atoms with Crippen LogP contribution in [0.3, 0.4) is 0 Å². The lowest BCUT2D eigenvalue weighted by atomic mass is 10.5. The summed E-state index contributed by atoms with van der Waals surface area (Å²) >= 11 is 5.38. The first-order valence-corrected chi connectivity index (χ1v) is 4.27. The Balaban J connectivity index is 2.74. The van der Waals surface area contributed by atoms with Gasteiger partial charge in [0.2, 0.25) is 0 Å². The third kappa shape index (κ3) is 9.95. The molecule has 0 atom stereocenters. The van der Waals surface area contributed by atoms with Crippen molar-refractivity contribution in [3.63, 3.8) is 0 Å². The topological polar surface area (TPSA) is 18.5 Å². The molecule has 0 amide bonds. The fourth-order valence-electron chi connectivity index (χ4n) is 0.543. The van der Waals surface area contributed by atoms with Crippen LogP contribution >= 0.6 is 11.6 Å². The van der Waals surface area contributed by atoms with Gasteiger partial charge in [0.1, 0.15) is 0 Å². The van der Waals surface area contributed by atoms with Crippen LogP contribution in [-0.2, 0) is 9.47 Å². The summed E-state index contributed by atoms with van der Waals surface area (Å²) in [5.41, 5.74) is 0. The van der Waals surface area contributed by atoms with E-state index < -0.39 is 0 Å². The number of rotatable bonds is 8. The summed E-state index contributed by atoms with van der Waals surface area (Å²) in [7, 11) is 0. The third-order valence-electron chi connectivity index (χ3n) is 1.06. The van der Waals surface area contributed by atoms with Crippen molar-refractivity contribution in [3.8, 4) is 0 Å². The zero-order valence-electron chi connectivity index (χ0n) is 6.72. The molecule has 2 nitrogen and oxygen atoms in total. The highest BCUT2D eigenvalue weighted by Gasteiger charge is 1.87. The highest BCUT2D eigenvalue weighted by atomic mass is 35.5. The molecule has 0 unspecified atom stereocenters. The van der Waals surface area contributed by atoms with E-state index in [1.54, 1.807) is 0 Å². The average Bonchev–Trinajstić information content (AvgIpc) is 2.03. The van der Waals surface area contributed by atoms with Gasteiger partial charge in [0, 0.05) is 5.88 Å². The largest absolute Gasteiger partial charge is 0.379 e. The molecule has 0 N–H and O–H groups in total. The van der Waals surface area contributed by atoms with E-state index >= 15 is 0 Å². The molecule has 0 spiro atoms. The number of hydrogen-bond donors (Lipinski definition) is 0. The Kier molecular flexibility index (Phi) is 9.90. The van der Waals surface area contributed by atoms with Crippen LogP contribution in [0.4, 0.5) is 0 Å². The maximum atomic E-state index is 5.38. The van der Waals surface area contributed by atoms with Crippen molar-refractivity contribution in [2.45, 2.75) is 6.42 Å². The lowest BCUT2D eigenvalue weighted by molar-refractivity contribution is 0.0555. The van der Waals surface area contributed by atoms with Crippen molar-refractivity contribution >= 4 is 11.6 Å². The van der Waals surface area contributed by atoms with Gasteiger partial charge in [0.25, 0.3) is 0 Å². The second kappa shape index (κ2) is 9.95. The fourth-order valence-corrected chi connectivity index (χ4v) is 0.652. The molecule has 3 heteroatoms. The van der Waals surface area contributed by atoms with Crippen molar-refractivity contribution in [1.82, 2.24) is 0 Å². The number of halogens is 1. The molecule has 0 bridgehead atoms. The van der Waals surface area contributed by atoms with Crippen LogP contribution in [0.1, 0.15) is 6.42 Å². The van der Waals surface area contributed by atoms with Crippen molar-refractivity contribution < 1.29 is 9.47 Å². The van der Waals surface area contributed by atoms with Gasteiger partial charge >= 0.3 is 0 Å². The molecule has 0 aliphatic carbocycles. The molecule has 0 heterocycles. The molecule has 0 aromatic carbocycles. The van der Waals surface area contributed by atoms with Gasteiger partial charge in [-0.3, -0.25) is 0 Å². The number of alkyl halides is 1. The van der Waals surface area contributed by atoms with Gasteiger partial charge in [-0.25, -0.2) is 0 Å². The van der Waals surface area contributed by atoms with Crippen LogP contribution in [-0.4, -0.2) is 32.3 Å². The van der Waals surface area contributed by atoms with Crippen LogP contribution in [0.15, 0.2) is 12.7 Å². The van der Waals surface area contributed by atoms with Gasteiger partial charge in [0.05, 0.1) is 26.4 Å². The minimum Gasteiger partial charge on any atom is -0.379 e. The molecular weight excluding hydrogens is 164 g/mol. The van der Waals surface area contributed by atoms with Crippen LogP contribution in [0.5, 0.6) is 0 Å². The normalized spacial score (nSPS) is 9.91. The summed E-state index contributed by atoms with van der Waals surface area (Å²) in [4.78, 5) is 0. The zero-order chi connectivity index (χ0) is 8.36. The lowest BCUT2D eigenvalue weighted by Crippen LogP contribution is -2.06. The molecule has 0 fully saturated rings. The first-order valence-electron chi connectivity index (χ1n) is 3.74. The van der Waals surface area contributed by atoms with Gasteiger partial charge in [0.15, 0.2) is 0 Å². The zero-order valence-corrected chi connectivity index (χ0v) is 7.48. The molecule has 0 saturated heterocycles. The predicted octanol–water partition coefficient (Wildman–Crippen LogP) is 1.83. The maximum Gasteiger partial charge on any atom is 0.0701 e. The Labute approximate surface area is 73.1 Å². The van der Waals surface area contributed by atoms with Crippen molar-refractivity contribution in [2.75, 3.05) is 32.3 Å². The average molecular weight is 179 g/mol. The highest BCUT2D eigenvalue weighted by molar-refractivity contribution is 6.17. The summed E-state index contributed by atoms with van der Waals surface area (Å²) in [6.45, 7) is 6.19. The Morgan fingerprint density at radius 3 is 2.27 bits per heavy atom. The van der Waals surface area contributed by atoms with Crippen LogP contribution < -0.4 is 0 Å². The van der Waals surface area contributed by atoms with E-state index in [0.717, 1.165) is 13.0 Å². The van der Waals surface area contributed by atoms with Crippen molar-refractivity contribution in [1.29, 1.82) is 0 Å². The van der Waals surface area contributed by atoms with Crippen LogP contribution in [0.25, 0.3) is 0 Å². The van der Waals surface area contributed by atoms with Gasteiger partial charge in [-0.15, -0.1) is 18.2 Å². The molecule has 11 heavy (non-hydrogen) atoms. The SMILES string of the molecule is C=CCCOCCOCCCl. The monoisotopic (exact) mass is 178 g/mol. The van der Waals surface area contributed by atoms with Gasteiger partial charge < -0.3 is 9.47 Å². The molecule has 0 radical (unpaired) electrons. The van der Waals surface area contributed by atoms with Gasteiger partial charge in [-0.1, -0.05) is 6.08 Å². The fraction of sp³-hybridized carbons (Fsp3) is 0.750. The van der Waals surface area contributed by atoms with Crippen LogP contribution in [0, 0.1) is 0 Å². The molecular formula is C8H15ClO2. The lowest BCUT2D eigenvalue weighted by Gasteiger charge is -2.02. The van der Waals surface area contributed by atoms with E-state index in [-0.39, 0.29) is 0 Å². The number of ether oxygens (including phenoxy) is 2.